The van der Waals surface area contributed by atoms with Crippen molar-refractivity contribution in [3.05, 3.63) is 76.3 Å². The second-order valence-corrected chi connectivity index (χ2v) is 6.91. The van der Waals surface area contributed by atoms with Gasteiger partial charge in [-0.2, -0.15) is 5.10 Å². The molecule has 1 atom stereocenters. The van der Waals surface area contributed by atoms with Gasteiger partial charge in [-0.3, -0.25) is 4.79 Å². The predicted molar refractivity (Wildman–Crippen MR) is 111 cm³/mol. The van der Waals surface area contributed by atoms with Crippen molar-refractivity contribution in [2.75, 3.05) is 0 Å². The highest BCUT2D eigenvalue weighted by Crippen LogP contribution is 2.28. The van der Waals surface area contributed by atoms with Gasteiger partial charge in [-0.25, -0.2) is 5.43 Å². The number of nitrogens with one attached hydrogen (secondary N) is 1. The van der Waals surface area contributed by atoms with Gasteiger partial charge < -0.3 is 4.74 Å². The molecule has 4 nitrogen and oxygen atoms in total. The van der Waals surface area contributed by atoms with Gasteiger partial charge in [-0.1, -0.05) is 59.6 Å². The first-order valence-corrected chi connectivity index (χ1v) is 9.14. The van der Waals surface area contributed by atoms with Gasteiger partial charge in [0.15, 0.2) is 6.10 Å². The van der Waals surface area contributed by atoms with Crippen LogP contribution in [0.1, 0.15) is 19.4 Å². The van der Waals surface area contributed by atoms with Crippen LogP contribution in [0.25, 0.3) is 10.8 Å². The van der Waals surface area contributed by atoms with E-state index in [9.17, 15) is 4.79 Å². The third-order valence-electron chi connectivity index (χ3n) is 4.07. The molecule has 0 aliphatic heterocycles. The quantitative estimate of drug-likeness (QED) is 0.456. The van der Waals surface area contributed by atoms with E-state index >= 15 is 0 Å². The van der Waals surface area contributed by atoms with Gasteiger partial charge in [0, 0.05) is 5.02 Å². The molecule has 0 saturated heterocycles. The van der Waals surface area contributed by atoms with E-state index in [0.29, 0.717) is 21.5 Å². The monoisotopic (exact) mass is 400 g/mol. The average molecular weight is 401 g/mol. The highest BCUT2D eigenvalue weighted by Gasteiger charge is 2.16. The first-order valence-electron chi connectivity index (χ1n) is 8.39. The maximum absolute atomic E-state index is 12.3. The summed E-state index contributed by atoms with van der Waals surface area (Å²) < 4.78 is 5.59. The molecule has 0 heterocycles. The van der Waals surface area contributed by atoms with Crippen molar-refractivity contribution in [1.82, 2.24) is 5.43 Å². The van der Waals surface area contributed by atoms with Crippen LogP contribution in [0.3, 0.4) is 0 Å². The predicted octanol–water partition coefficient (Wildman–Crippen LogP) is 5.45. The zero-order valence-corrected chi connectivity index (χ0v) is 16.4. The number of carbonyl (C=O) groups is 1. The molecule has 0 aromatic heterocycles. The van der Waals surface area contributed by atoms with Crippen LogP contribution in [-0.2, 0) is 4.79 Å². The first-order chi connectivity index (χ1) is 12.9. The number of benzene rings is 3. The van der Waals surface area contributed by atoms with Crippen molar-refractivity contribution in [3.63, 3.8) is 0 Å². The van der Waals surface area contributed by atoms with Crippen molar-refractivity contribution in [1.29, 1.82) is 0 Å². The Balaban J connectivity index is 1.67. The molecule has 1 unspecified atom stereocenters. The van der Waals surface area contributed by atoms with Crippen LogP contribution in [-0.4, -0.2) is 17.7 Å². The van der Waals surface area contributed by atoms with E-state index in [0.717, 1.165) is 16.3 Å². The maximum atomic E-state index is 12.3. The van der Waals surface area contributed by atoms with Crippen LogP contribution in [0.15, 0.2) is 65.8 Å². The summed E-state index contributed by atoms with van der Waals surface area (Å²) in [6, 6.07) is 18.9. The Bertz CT molecular complexity index is 1020. The Morgan fingerprint density at radius 2 is 1.78 bits per heavy atom. The summed E-state index contributed by atoms with van der Waals surface area (Å²) in [6.45, 7) is 3.47. The highest BCUT2D eigenvalue weighted by molar-refractivity contribution is 6.35. The molecule has 0 saturated carbocycles. The number of nitrogens with zero attached hydrogens (tertiary/aromatic N) is 1. The van der Waals surface area contributed by atoms with E-state index in [1.807, 2.05) is 49.4 Å². The number of fused-ring (bicyclic) bond motifs is 1. The van der Waals surface area contributed by atoms with Crippen molar-refractivity contribution < 1.29 is 9.53 Å². The summed E-state index contributed by atoms with van der Waals surface area (Å²) in [5.74, 6) is 0.0140. The van der Waals surface area contributed by atoms with Gasteiger partial charge in [0.2, 0.25) is 0 Å². The van der Waals surface area contributed by atoms with E-state index in [1.54, 1.807) is 25.1 Å². The van der Waals surface area contributed by atoms with Crippen LogP contribution in [0.5, 0.6) is 5.75 Å². The van der Waals surface area contributed by atoms with Gasteiger partial charge in [0.1, 0.15) is 5.75 Å². The van der Waals surface area contributed by atoms with Crippen LogP contribution in [0, 0.1) is 0 Å². The minimum atomic E-state index is -0.767. The Morgan fingerprint density at radius 3 is 2.52 bits per heavy atom. The number of ether oxygens (including phenoxy) is 1. The largest absolute Gasteiger partial charge is 0.479 e. The molecule has 3 rings (SSSR count). The van der Waals surface area contributed by atoms with E-state index in [2.05, 4.69) is 10.5 Å². The molecule has 0 radical (unpaired) electrons. The number of halogens is 2. The Kier molecular flexibility index (Phi) is 5.99. The fraction of sp³-hybridized carbons (Fsp3) is 0.143. The molecular weight excluding hydrogens is 383 g/mol. The van der Waals surface area contributed by atoms with Crippen molar-refractivity contribution in [2.24, 2.45) is 5.10 Å². The zero-order chi connectivity index (χ0) is 19.4. The zero-order valence-electron chi connectivity index (χ0n) is 14.9. The van der Waals surface area contributed by atoms with Gasteiger partial charge in [0.25, 0.3) is 5.91 Å². The molecule has 0 aliphatic rings. The Morgan fingerprint density at radius 1 is 1.04 bits per heavy atom. The summed E-state index contributed by atoms with van der Waals surface area (Å²) in [4.78, 5) is 12.3. The number of rotatable bonds is 5. The lowest BCUT2D eigenvalue weighted by Crippen LogP contribution is -2.34. The summed E-state index contributed by atoms with van der Waals surface area (Å²) in [6.07, 6.45) is -0.767. The summed E-state index contributed by atoms with van der Waals surface area (Å²) >= 11 is 11.9. The average Bonchev–Trinajstić information content (AvgIpc) is 2.67. The Hall–Kier alpha value is -2.56. The molecule has 3 aromatic carbocycles. The van der Waals surface area contributed by atoms with E-state index < -0.39 is 6.10 Å². The number of amides is 1. The smallest absolute Gasteiger partial charge is 0.280 e. The lowest BCUT2D eigenvalue weighted by molar-refractivity contribution is -0.127. The summed E-state index contributed by atoms with van der Waals surface area (Å²) in [5.41, 5.74) is 4.17. The fourth-order valence-electron chi connectivity index (χ4n) is 2.52. The van der Waals surface area contributed by atoms with E-state index in [1.165, 1.54) is 0 Å². The molecule has 0 fully saturated rings. The molecule has 138 valence electrons. The lowest BCUT2D eigenvalue weighted by atomic mass is 10.0. The van der Waals surface area contributed by atoms with Gasteiger partial charge in [-0.05, 0) is 54.4 Å². The minimum Gasteiger partial charge on any atom is -0.479 e. The number of hydrogen-bond acceptors (Lipinski definition) is 3. The van der Waals surface area contributed by atoms with Crippen molar-refractivity contribution in [2.45, 2.75) is 20.0 Å². The van der Waals surface area contributed by atoms with Crippen LogP contribution in [0.2, 0.25) is 10.0 Å². The number of hydrazone groups is 1. The fourth-order valence-corrected chi connectivity index (χ4v) is 2.98. The molecule has 0 aliphatic carbocycles. The molecule has 27 heavy (non-hydrogen) atoms. The SMILES string of the molecule is C/C(=N\NC(=O)C(C)Oc1ccc(Cl)cc1Cl)c1ccc2ccccc2c1. The van der Waals surface area contributed by atoms with Gasteiger partial charge in [-0.15, -0.1) is 0 Å². The van der Waals surface area contributed by atoms with Crippen LogP contribution < -0.4 is 10.2 Å². The molecule has 6 heteroatoms. The summed E-state index contributed by atoms with van der Waals surface area (Å²) in [7, 11) is 0. The molecular formula is C21H18Cl2N2O2. The number of hydrogen-bond donors (Lipinski definition) is 1. The van der Waals surface area contributed by atoms with Gasteiger partial charge >= 0.3 is 0 Å². The standard InChI is InChI=1S/C21H18Cl2N2O2/c1-13(16-8-7-15-5-3-4-6-17(15)11-16)24-25-21(26)14(2)27-20-10-9-18(22)12-19(20)23/h3-12,14H,1-2H3,(H,25,26)/b24-13+. The number of carbonyl (C=O) groups excluding carboxylic acids is 1. The highest BCUT2D eigenvalue weighted by atomic mass is 35.5. The molecule has 0 spiro atoms. The van der Waals surface area contributed by atoms with Crippen LogP contribution in [0.4, 0.5) is 0 Å². The van der Waals surface area contributed by atoms with Crippen molar-refractivity contribution in [3.8, 4) is 5.75 Å². The Labute approximate surface area is 167 Å². The third kappa shape index (κ3) is 4.79. The van der Waals surface area contributed by atoms with E-state index in [-0.39, 0.29) is 5.91 Å². The third-order valence-corrected chi connectivity index (χ3v) is 4.60. The molecule has 0 bridgehead atoms. The lowest BCUT2D eigenvalue weighted by Gasteiger charge is -2.14. The maximum Gasteiger partial charge on any atom is 0.280 e. The van der Waals surface area contributed by atoms with Crippen molar-refractivity contribution >= 4 is 45.6 Å². The second-order valence-electron chi connectivity index (χ2n) is 6.07. The van der Waals surface area contributed by atoms with Gasteiger partial charge in [0.05, 0.1) is 10.7 Å². The first kappa shape index (κ1) is 19.2. The second kappa shape index (κ2) is 8.42. The van der Waals surface area contributed by atoms with Crippen LogP contribution >= 0.6 is 23.2 Å². The summed E-state index contributed by atoms with van der Waals surface area (Å²) in [5, 5.41) is 7.30. The minimum absolute atomic E-state index is 0.345. The molecule has 1 amide bonds. The topological polar surface area (TPSA) is 50.7 Å². The molecule has 1 N–H and O–H groups in total. The molecule has 3 aromatic rings. The normalized spacial score (nSPS) is 12.7. The van der Waals surface area contributed by atoms with E-state index in [4.69, 9.17) is 27.9 Å².